The van der Waals surface area contributed by atoms with E-state index in [9.17, 15) is 14.4 Å². The van der Waals surface area contributed by atoms with Gasteiger partial charge >= 0.3 is 0 Å². The third kappa shape index (κ3) is 6.02. The van der Waals surface area contributed by atoms with E-state index in [1.165, 1.54) is 6.92 Å². The molecule has 0 aromatic heterocycles. The number of amides is 1. The lowest BCUT2D eigenvalue weighted by atomic mass is 10.1. The lowest BCUT2D eigenvalue weighted by Gasteiger charge is -2.07. The van der Waals surface area contributed by atoms with E-state index in [1.807, 2.05) is 0 Å². The van der Waals surface area contributed by atoms with E-state index in [1.54, 1.807) is 6.92 Å². The largest absolute Gasteiger partial charge is 0.355 e. The average molecular weight is 185 g/mol. The van der Waals surface area contributed by atoms with Crippen molar-refractivity contribution in [3.8, 4) is 0 Å². The molecule has 1 unspecified atom stereocenters. The quantitative estimate of drug-likeness (QED) is 0.605. The van der Waals surface area contributed by atoms with Gasteiger partial charge in [0.2, 0.25) is 5.91 Å². The molecule has 0 radical (unpaired) electrons. The summed E-state index contributed by atoms with van der Waals surface area (Å²) in [7, 11) is 0. The molecule has 0 fully saturated rings. The van der Waals surface area contributed by atoms with Gasteiger partial charge in [-0.05, 0) is 6.92 Å². The molecule has 74 valence electrons. The molecule has 0 saturated heterocycles. The molecule has 1 N–H and O–H groups in total. The maximum Gasteiger partial charge on any atom is 0.223 e. The average Bonchev–Trinajstić information content (AvgIpc) is 2.04. The molecule has 0 aromatic carbocycles. The molecule has 0 saturated carbocycles. The van der Waals surface area contributed by atoms with Gasteiger partial charge in [0, 0.05) is 25.3 Å². The second-order valence-corrected chi connectivity index (χ2v) is 3.05. The first-order valence-corrected chi connectivity index (χ1v) is 4.28. The number of nitrogens with one attached hydrogen (secondary N) is 1. The highest BCUT2D eigenvalue weighted by Gasteiger charge is 2.10. The van der Waals surface area contributed by atoms with Crippen molar-refractivity contribution in [3.63, 3.8) is 0 Å². The van der Waals surface area contributed by atoms with Crippen LogP contribution in [0, 0.1) is 5.92 Å². The number of hydrogen-bond acceptors (Lipinski definition) is 3. The van der Waals surface area contributed by atoms with E-state index in [0.29, 0.717) is 13.0 Å². The van der Waals surface area contributed by atoms with Crippen LogP contribution in [0.5, 0.6) is 0 Å². The van der Waals surface area contributed by atoms with Crippen LogP contribution < -0.4 is 5.32 Å². The fourth-order valence-corrected chi connectivity index (χ4v) is 0.787. The predicted octanol–water partition coefficient (Wildman–Crippen LogP) is 0.307. The standard InChI is InChI=1S/C9H15NO3/c1-7(4-6-11)9(13)10-5-3-8(2)12/h6-7H,3-5H2,1-2H3,(H,10,13). The predicted molar refractivity (Wildman–Crippen MR) is 48.2 cm³/mol. The van der Waals surface area contributed by atoms with Gasteiger partial charge < -0.3 is 10.1 Å². The fraction of sp³-hybridized carbons (Fsp3) is 0.667. The van der Waals surface area contributed by atoms with E-state index in [4.69, 9.17) is 0 Å². The van der Waals surface area contributed by atoms with Crippen molar-refractivity contribution >= 4 is 18.0 Å². The number of carbonyl (C=O) groups is 3. The van der Waals surface area contributed by atoms with Crippen LogP contribution in [0.3, 0.4) is 0 Å². The van der Waals surface area contributed by atoms with Gasteiger partial charge in [0.1, 0.15) is 12.1 Å². The van der Waals surface area contributed by atoms with E-state index in [0.717, 1.165) is 6.29 Å². The zero-order valence-corrected chi connectivity index (χ0v) is 8.00. The molecule has 0 rings (SSSR count). The number of rotatable bonds is 6. The smallest absolute Gasteiger partial charge is 0.223 e. The van der Waals surface area contributed by atoms with Crippen LogP contribution in [0.2, 0.25) is 0 Å². The van der Waals surface area contributed by atoms with Crippen LogP contribution in [0.15, 0.2) is 0 Å². The number of aldehydes is 1. The van der Waals surface area contributed by atoms with Crippen LogP contribution in [-0.4, -0.2) is 24.5 Å². The highest BCUT2D eigenvalue weighted by atomic mass is 16.2. The summed E-state index contributed by atoms with van der Waals surface area (Å²) in [5, 5.41) is 2.58. The highest BCUT2D eigenvalue weighted by molar-refractivity contribution is 5.81. The van der Waals surface area contributed by atoms with Crippen LogP contribution in [0.4, 0.5) is 0 Å². The number of ketones is 1. The topological polar surface area (TPSA) is 63.2 Å². The summed E-state index contributed by atoms with van der Waals surface area (Å²) >= 11 is 0. The molecule has 4 heteroatoms. The highest BCUT2D eigenvalue weighted by Crippen LogP contribution is 1.98. The van der Waals surface area contributed by atoms with Crippen molar-refractivity contribution in [2.24, 2.45) is 5.92 Å². The molecule has 0 aliphatic rings. The molecule has 0 spiro atoms. The molecule has 0 aromatic rings. The molecule has 0 aliphatic heterocycles. The Morgan fingerprint density at radius 3 is 2.54 bits per heavy atom. The summed E-state index contributed by atoms with van der Waals surface area (Å²) < 4.78 is 0. The first-order chi connectivity index (χ1) is 6.07. The molecular formula is C9H15NO3. The van der Waals surface area contributed by atoms with Crippen LogP contribution >= 0.6 is 0 Å². The lowest BCUT2D eigenvalue weighted by Crippen LogP contribution is -2.30. The summed E-state index contributed by atoms with van der Waals surface area (Å²) in [5.74, 6) is -0.429. The second-order valence-electron chi connectivity index (χ2n) is 3.05. The molecule has 0 aliphatic carbocycles. The number of hydrogen-bond donors (Lipinski definition) is 1. The first kappa shape index (κ1) is 11.8. The van der Waals surface area contributed by atoms with Gasteiger partial charge in [0.25, 0.3) is 0 Å². The molecular weight excluding hydrogens is 170 g/mol. The summed E-state index contributed by atoms with van der Waals surface area (Å²) in [6, 6.07) is 0. The van der Waals surface area contributed by atoms with Gasteiger partial charge in [-0.2, -0.15) is 0 Å². The Morgan fingerprint density at radius 2 is 2.08 bits per heavy atom. The van der Waals surface area contributed by atoms with Crippen LogP contribution in [0.1, 0.15) is 26.7 Å². The maximum atomic E-state index is 11.1. The van der Waals surface area contributed by atoms with Crippen molar-refractivity contribution in [3.05, 3.63) is 0 Å². The Kier molecular flexibility index (Phi) is 5.76. The molecule has 4 nitrogen and oxygen atoms in total. The van der Waals surface area contributed by atoms with E-state index >= 15 is 0 Å². The monoisotopic (exact) mass is 185 g/mol. The third-order valence-electron chi connectivity index (χ3n) is 1.67. The Balaban J connectivity index is 3.61. The van der Waals surface area contributed by atoms with Crippen molar-refractivity contribution in [2.75, 3.05) is 6.54 Å². The summed E-state index contributed by atoms with van der Waals surface area (Å²) in [5.41, 5.74) is 0. The van der Waals surface area contributed by atoms with Gasteiger partial charge in [-0.1, -0.05) is 6.92 Å². The Morgan fingerprint density at radius 1 is 1.46 bits per heavy atom. The molecule has 13 heavy (non-hydrogen) atoms. The van der Waals surface area contributed by atoms with Crippen molar-refractivity contribution in [1.82, 2.24) is 5.32 Å². The van der Waals surface area contributed by atoms with Crippen LogP contribution in [0.25, 0.3) is 0 Å². The second kappa shape index (κ2) is 6.34. The minimum atomic E-state index is -0.301. The van der Waals surface area contributed by atoms with Gasteiger partial charge in [0.15, 0.2) is 0 Å². The van der Waals surface area contributed by atoms with E-state index < -0.39 is 0 Å². The van der Waals surface area contributed by atoms with Crippen LogP contribution in [-0.2, 0) is 14.4 Å². The van der Waals surface area contributed by atoms with Gasteiger partial charge in [0.05, 0.1) is 0 Å². The fourth-order valence-electron chi connectivity index (χ4n) is 0.787. The SMILES string of the molecule is CC(=O)CCNC(=O)C(C)CC=O. The summed E-state index contributed by atoms with van der Waals surface area (Å²) in [6.45, 7) is 3.51. The lowest BCUT2D eigenvalue weighted by molar-refractivity contribution is -0.126. The maximum absolute atomic E-state index is 11.1. The minimum absolute atomic E-state index is 0.0448. The molecule has 0 heterocycles. The van der Waals surface area contributed by atoms with Crippen molar-refractivity contribution in [1.29, 1.82) is 0 Å². The summed E-state index contributed by atoms with van der Waals surface area (Å²) in [4.78, 5) is 31.7. The van der Waals surface area contributed by atoms with E-state index in [2.05, 4.69) is 5.32 Å². The zero-order chi connectivity index (χ0) is 10.3. The molecule has 1 atom stereocenters. The van der Waals surface area contributed by atoms with Gasteiger partial charge in [-0.25, -0.2) is 0 Å². The minimum Gasteiger partial charge on any atom is -0.355 e. The number of carbonyl (C=O) groups excluding carboxylic acids is 3. The Bertz CT molecular complexity index is 201. The van der Waals surface area contributed by atoms with Gasteiger partial charge in [-0.15, -0.1) is 0 Å². The normalized spacial score (nSPS) is 11.8. The van der Waals surface area contributed by atoms with E-state index in [-0.39, 0.29) is 24.0 Å². The first-order valence-electron chi connectivity index (χ1n) is 4.28. The van der Waals surface area contributed by atoms with Crippen molar-refractivity contribution < 1.29 is 14.4 Å². The number of Topliss-reactive ketones (excluding diaryl/α,β-unsaturated/α-hetero) is 1. The van der Waals surface area contributed by atoms with Crippen molar-refractivity contribution in [2.45, 2.75) is 26.7 Å². The molecule has 1 amide bonds. The van der Waals surface area contributed by atoms with Gasteiger partial charge in [-0.3, -0.25) is 9.59 Å². The molecule has 0 bridgehead atoms. The third-order valence-corrected chi connectivity index (χ3v) is 1.67. The summed E-state index contributed by atoms with van der Waals surface area (Å²) in [6.07, 6.45) is 1.29. The Labute approximate surface area is 77.7 Å². The zero-order valence-electron chi connectivity index (χ0n) is 8.00. The Hall–Kier alpha value is -1.19.